The summed E-state index contributed by atoms with van der Waals surface area (Å²) >= 11 is 0. The molecule has 188 valence electrons. The number of nitrogens with zero attached hydrogens (tertiary/aromatic N) is 1. The Hall–Kier alpha value is -2.46. The van der Waals surface area contributed by atoms with Gasteiger partial charge in [0.1, 0.15) is 12.8 Å². The molecule has 0 bridgehead atoms. The van der Waals surface area contributed by atoms with Gasteiger partial charge in [-0.1, -0.05) is 6.92 Å². The van der Waals surface area contributed by atoms with Crippen LogP contribution in [0.3, 0.4) is 0 Å². The zero-order chi connectivity index (χ0) is 25.1. The minimum atomic E-state index is -3.44. The van der Waals surface area contributed by atoms with E-state index in [2.05, 4.69) is 17.0 Å². The number of amides is 2. The van der Waals surface area contributed by atoms with E-state index in [0.717, 1.165) is 19.3 Å². The molecular formula is C24H35N3O6S. The maximum Gasteiger partial charge on any atom is 0.251 e. The molecule has 9 nitrogen and oxygen atoms in total. The highest BCUT2D eigenvalue weighted by Gasteiger charge is 2.46. The number of carbonyl (C=O) groups is 3. The number of nitrogens with one attached hydrogen (secondary N) is 2. The van der Waals surface area contributed by atoms with Crippen LogP contribution in [0.15, 0.2) is 24.3 Å². The lowest BCUT2D eigenvalue weighted by Gasteiger charge is -2.46. The normalized spacial score (nSPS) is 24.6. The van der Waals surface area contributed by atoms with Crippen LogP contribution < -0.4 is 10.0 Å². The van der Waals surface area contributed by atoms with Crippen molar-refractivity contribution in [3.63, 3.8) is 0 Å². The summed E-state index contributed by atoms with van der Waals surface area (Å²) in [4.78, 5) is 38.5. The molecular weight excluding hydrogens is 458 g/mol. The molecule has 1 aliphatic carbocycles. The van der Waals surface area contributed by atoms with Crippen LogP contribution in [0.2, 0.25) is 0 Å². The quantitative estimate of drug-likeness (QED) is 0.517. The molecule has 1 atom stereocenters. The molecule has 0 spiro atoms. The van der Waals surface area contributed by atoms with Crippen molar-refractivity contribution >= 4 is 33.3 Å². The van der Waals surface area contributed by atoms with Crippen LogP contribution in [-0.4, -0.2) is 62.1 Å². The molecule has 0 radical (unpaired) electrons. The summed E-state index contributed by atoms with van der Waals surface area (Å²) in [5, 5.41) is 2.35. The lowest BCUT2D eigenvalue weighted by atomic mass is 9.61. The van der Waals surface area contributed by atoms with Gasteiger partial charge >= 0.3 is 0 Å². The highest BCUT2D eigenvalue weighted by molar-refractivity contribution is 7.93. The molecule has 1 saturated carbocycles. The second-order valence-electron chi connectivity index (χ2n) is 9.83. The number of hydrogen-bond acceptors (Lipinski definition) is 6. The second-order valence-corrected chi connectivity index (χ2v) is 12.1. The SMILES string of the molecule is CCN(C(=O)C1CC(C)(CCNC(=O)c2ccc(NS(=O)(=O)C(C)C)cc2)C1)[C@@H]1CC(=O)CO1. The van der Waals surface area contributed by atoms with E-state index >= 15 is 0 Å². The number of sulfonamides is 1. The number of carbonyl (C=O) groups excluding carboxylic acids is 3. The van der Waals surface area contributed by atoms with Crippen molar-refractivity contribution in [3.05, 3.63) is 29.8 Å². The van der Waals surface area contributed by atoms with Gasteiger partial charge in [0.25, 0.3) is 5.91 Å². The molecule has 1 saturated heterocycles. The van der Waals surface area contributed by atoms with Crippen LogP contribution in [0.5, 0.6) is 0 Å². The number of ketones is 1. The average molecular weight is 494 g/mol. The summed E-state index contributed by atoms with van der Waals surface area (Å²) < 4.78 is 31.9. The fraction of sp³-hybridized carbons (Fsp3) is 0.625. The van der Waals surface area contributed by atoms with Gasteiger partial charge in [-0.3, -0.25) is 19.1 Å². The zero-order valence-corrected chi connectivity index (χ0v) is 21.1. The largest absolute Gasteiger partial charge is 0.352 e. The highest BCUT2D eigenvalue weighted by Crippen LogP contribution is 2.48. The fourth-order valence-corrected chi connectivity index (χ4v) is 5.20. The third-order valence-electron chi connectivity index (χ3n) is 6.68. The Balaban J connectivity index is 1.43. The predicted molar refractivity (Wildman–Crippen MR) is 129 cm³/mol. The predicted octanol–water partition coefficient (Wildman–Crippen LogP) is 2.54. The molecule has 1 aromatic rings. The minimum absolute atomic E-state index is 0.0249. The standard InChI is InChI=1S/C24H35N3O6S/c1-5-27(21-12-20(28)15-33-21)23(30)18-13-24(4,14-18)10-11-25-22(29)17-6-8-19(9-7-17)26-34(31,32)16(2)3/h6-9,16,18,21,26H,5,10-15H2,1-4H3,(H,25,29)/t18?,21-,24?/m0/s1. The van der Waals surface area contributed by atoms with E-state index in [1.807, 2.05) is 6.92 Å². The topological polar surface area (TPSA) is 122 Å². The summed E-state index contributed by atoms with van der Waals surface area (Å²) in [6, 6.07) is 6.31. The number of anilines is 1. The molecule has 0 unspecified atom stereocenters. The Morgan fingerprint density at radius 3 is 2.38 bits per heavy atom. The first-order valence-electron chi connectivity index (χ1n) is 11.8. The van der Waals surface area contributed by atoms with Crippen molar-refractivity contribution in [1.29, 1.82) is 0 Å². The first-order valence-corrected chi connectivity index (χ1v) is 13.3. The average Bonchev–Trinajstić information content (AvgIpc) is 3.18. The molecule has 1 heterocycles. The summed E-state index contributed by atoms with van der Waals surface area (Å²) in [5.74, 6) is -0.245. The van der Waals surface area contributed by atoms with Crippen LogP contribution in [0, 0.1) is 11.3 Å². The number of rotatable bonds is 10. The van der Waals surface area contributed by atoms with Gasteiger partial charge in [0.05, 0.1) is 11.7 Å². The van der Waals surface area contributed by atoms with Gasteiger partial charge in [-0.05, 0) is 69.7 Å². The number of hydrogen-bond donors (Lipinski definition) is 2. The van der Waals surface area contributed by atoms with Crippen LogP contribution in [0.1, 0.15) is 63.7 Å². The van der Waals surface area contributed by atoms with E-state index < -0.39 is 21.5 Å². The molecule has 0 aromatic heterocycles. The van der Waals surface area contributed by atoms with E-state index in [1.54, 1.807) is 43.0 Å². The van der Waals surface area contributed by atoms with Crippen LogP contribution in [0.4, 0.5) is 5.69 Å². The Morgan fingerprint density at radius 1 is 1.21 bits per heavy atom. The van der Waals surface area contributed by atoms with Gasteiger partial charge in [0, 0.05) is 30.3 Å². The second kappa shape index (κ2) is 10.4. The molecule has 2 amide bonds. The molecule has 1 aromatic carbocycles. The maximum absolute atomic E-state index is 12.9. The van der Waals surface area contributed by atoms with E-state index in [0.29, 0.717) is 24.3 Å². The Bertz CT molecular complexity index is 1020. The highest BCUT2D eigenvalue weighted by atomic mass is 32.2. The molecule has 2 aliphatic rings. The molecule has 3 rings (SSSR count). The van der Waals surface area contributed by atoms with Crippen molar-refractivity contribution in [1.82, 2.24) is 10.2 Å². The molecule has 2 N–H and O–H groups in total. The summed E-state index contributed by atoms with van der Waals surface area (Å²) in [6.45, 7) is 8.27. The van der Waals surface area contributed by atoms with Gasteiger partial charge in [-0.2, -0.15) is 0 Å². The lowest BCUT2D eigenvalue weighted by Crippen LogP contribution is -2.50. The van der Waals surface area contributed by atoms with Crippen molar-refractivity contribution in [2.24, 2.45) is 11.3 Å². The van der Waals surface area contributed by atoms with Gasteiger partial charge in [0.2, 0.25) is 15.9 Å². The van der Waals surface area contributed by atoms with Crippen molar-refractivity contribution < 1.29 is 27.5 Å². The van der Waals surface area contributed by atoms with E-state index in [1.165, 1.54) is 0 Å². The first kappa shape index (κ1) is 26.2. The first-order chi connectivity index (χ1) is 15.9. The van der Waals surface area contributed by atoms with Gasteiger partial charge in [-0.25, -0.2) is 8.42 Å². The summed E-state index contributed by atoms with van der Waals surface area (Å²) in [6.07, 6.45) is 2.05. The van der Waals surface area contributed by atoms with Crippen molar-refractivity contribution in [2.75, 3.05) is 24.4 Å². The third kappa shape index (κ3) is 6.15. The Kier molecular flexibility index (Phi) is 8.02. The summed E-state index contributed by atoms with van der Waals surface area (Å²) in [7, 11) is -3.44. The minimum Gasteiger partial charge on any atom is -0.352 e. The van der Waals surface area contributed by atoms with Gasteiger partial charge in [0.15, 0.2) is 5.78 Å². The number of ether oxygens (including phenoxy) is 1. The molecule has 2 fully saturated rings. The van der Waals surface area contributed by atoms with E-state index in [9.17, 15) is 22.8 Å². The zero-order valence-electron chi connectivity index (χ0n) is 20.3. The maximum atomic E-state index is 12.9. The monoisotopic (exact) mass is 493 g/mol. The van der Waals surface area contributed by atoms with Crippen molar-refractivity contribution in [2.45, 2.75) is 64.9 Å². The van der Waals surface area contributed by atoms with E-state index in [-0.39, 0.29) is 42.0 Å². The summed E-state index contributed by atoms with van der Waals surface area (Å²) in [5.41, 5.74) is 0.832. The number of Topliss-reactive ketones (excluding diaryl/α,β-unsaturated/α-hetero) is 1. The Morgan fingerprint density at radius 2 is 1.85 bits per heavy atom. The molecule has 10 heteroatoms. The van der Waals surface area contributed by atoms with Gasteiger partial charge < -0.3 is 15.0 Å². The number of benzene rings is 1. The van der Waals surface area contributed by atoms with Crippen LogP contribution in [-0.2, 0) is 24.3 Å². The van der Waals surface area contributed by atoms with Crippen molar-refractivity contribution in [3.8, 4) is 0 Å². The third-order valence-corrected chi connectivity index (χ3v) is 8.44. The van der Waals surface area contributed by atoms with Crippen LogP contribution in [0.25, 0.3) is 0 Å². The van der Waals surface area contributed by atoms with Crippen LogP contribution >= 0.6 is 0 Å². The lowest BCUT2D eigenvalue weighted by molar-refractivity contribution is -0.154. The van der Waals surface area contributed by atoms with E-state index in [4.69, 9.17) is 4.74 Å². The molecule has 34 heavy (non-hydrogen) atoms. The molecule has 1 aliphatic heterocycles. The Labute approximate surface area is 201 Å². The van der Waals surface area contributed by atoms with Gasteiger partial charge in [-0.15, -0.1) is 0 Å². The smallest absolute Gasteiger partial charge is 0.251 e. The fourth-order valence-electron chi connectivity index (χ4n) is 4.50.